The molecule has 0 aromatic carbocycles. The lowest BCUT2D eigenvalue weighted by Crippen LogP contribution is -2.47. The Hall–Kier alpha value is -0.0900. The summed E-state index contributed by atoms with van der Waals surface area (Å²) in [6.07, 6.45) is 6.86. The van der Waals surface area contributed by atoms with E-state index in [1.165, 1.54) is 37.2 Å². The summed E-state index contributed by atoms with van der Waals surface area (Å²) < 4.78 is 1.60. The van der Waals surface area contributed by atoms with Crippen LogP contribution in [0.3, 0.4) is 0 Å². The van der Waals surface area contributed by atoms with Crippen molar-refractivity contribution in [1.29, 1.82) is 0 Å². The molecule has 2 nitrogen and oxygen atoms in total. The van der Waals surface area contributed by atoms with Crippen LogP contribution in [0.15, 0.2) is 9.81 Å². The Balaban J connectivity index is 1.81. The van der Waals surface area contributed by atoms with Crippen LogP contribution in [0.4, 0.5) is 0 Å². The van der Waals surface area contributed by atoms with Crippen molar-refractivity contribution in [3.8, 4) is 0 Å². The summed E-state index contributed by atoms with van der Waals surface area (Å²) in [5, 5.41) is 3.20. The third-order valence-corrected chi connectivity index (χ3v) is 6.68. The fourth-order valence-corrected chi connectivity index (χ4v) is 5.97. The first kappa shape index (κ1) is 12.0. The predicted octanol–water partition coefficient (Wildman–Crippen LogP) is 3.15. The number of fused-ring (bicyclic) bond motifs is 1. The Morgan fingerprint density at radius 2 is 1.88 bits per heavy atom. The number of thioether (sulfide) groups is 2. The van der Waals surface area contributed by atoms with E-state index in [2.05, 4.69) is 28.8 Å². The number of amides is 1. The summed E-state index contributed by atoms with van der Waals surface area (Å²) in [5.41, 5.74) is 1.68. The highest BCUT2D eigenvalue weighted by Crippen LogP contribution is 2.45. The molecule has 2 heterocycles. The molecule has 2 atom stereocenters. The number of nitrogens with one attached hydrogen (secondary N) is 1. The van der Waals surface area contributed by atoms with E-state index in [1.54, 1.807) is 9.81 Å². The van der Waals surface area contributed by atoms with Crippen LogP contribution in [0.25, 0.3) is 0 Å². The second kappa shape index (κ2) is 5.27. The van der Waals surface area contributed by atoms with Crippen molar-refractivity contribution in [3.63, 3.8) is 0 Å². The van der Waals surface area contributed by atoms with Gasteiger partial charge in [-0.15, -0.1) is 23.5 Å². The van der Waals surface area contributed by atoms with Crippen LogP contribution in [-0.4, -0.2) is 23.5 Å². The summed E-state index contributed by atoms with van der Waals surface area (Å²) in [7, 11) is 0. The van der Waals surface area contributed by atoms with Crippen LogP contribution in [0.2, 0.25) is 0 Å². The molecule has 1 amide bonds. The molecule has 3 aliphatic rings. The molecule has 3 rings (SSSR count). The van der Waals surface area contributed by atoms with Gasteiger partial charge in [-0.25, -0.2) is 0 Å². The van der Waals surface area contributed by atoms with Gasteiger partial charge in [0.05, 0.1) is 0 Å². The Kier molecular flexibility index (Phi) is 3.71. The quantitative estimate of drug-likeness (QED) is 0.732. The summed E-state index contributed by atoms with van der Waals surface area (Å²) >= 11 is 4.11. The smallest absolute Gasteiger partial charge is 0.220 e. The molecule has 1 aliphatic carbocycles. The molecule has 2 aliphatic heterocycles. The van der Waals surface area contributed by atoms with Crippen molar-refractivity contribution < 1.29 is 4.79 Å². The zero-order valence-corrected chi connectivity index (χ0v) is 11.7. The summed E-state index contributed by atoms with van der Waals surface area (Å²) in [4.78, 5) is 11.5. The maximum Gasteiger partial charge on any atom is 0.220 e. The standard InChI is InChI=1S/C13H19NOS2/c15-12-6-5-9-10(3-1-4-11(9)14-12)13-16-7-2-8-17-13/h9,11H,1-8H2,(H,14,15)/t9-,11-/m1/s1. The minimum atomic E-state index is 0.265. The molecule has 3 fully saturated rings. The number of hydrogen-bond acceptors (Lipinski definition) is 3. The van der Waals surface area contributed by atoms with Gasteiger partial charge in [-0.05, 0) is 49.2 Å². The zero-order valence-electron chi connectivity index (χ0n) is 10.0. The molecule has 0 aromatic heterocycles. The van der Waals surface area contributed by atoms with Crippen molar-refractivity contribution in [1.82, 2.24) is 5.32 Å². The van der Waals surface area contributed by atoms with E-state index in [0.717, 1.165) is 12.8 Å². The lowest BCUT2D eigenvalue weighted by atomic mass is 9.76. The first-order valence-corrected chi connectivity index (χ1v) is 8.60. The number of rotatable bonds is 0. The highest BCUT2D eigenvalue weighted by atomic mass is 32.2. The van der Waals surface area contributed by atoms with Gasteiger partial charge in [0.15, 0.2) is 0 Å². The number of carbonyl (C=O) groups is 1. The molecule has 17 heavy (non-hydrogen) atoms. The number of hydrogen-bond donors (Lipinski definition) is 1. The maximum absolute atomic E-state index is 11.5. The van der Waals surface area contributed by atoms with Crippen LogP contribution >= 0.6 is 23.5 Å². The van der Waals surface area contributed by atoms with E-state index in [0.29, 0.717) is 12.0 Å². The molecule has 0 bridgehead atoms. The van der Waals surface area contributed by atoms with Crippen LogP contribution in [0.1, 0.15) is 38.5 Å². The Bertz CT molecular complexity index is 345. The van der Waals surface area contributed by atoms with Crippen molar-refractivity contribution in [2.75, 3.05) is 11.5 Å². The molecule has 2 saturated heterocycles. The Morgan fingerprint density at radius 3 is 2.71 bits per heavy atom. The Morgan fingerprint density at radius 1 is 1.06 bits per heavy atom. The zero-order chi connectivity index (χ0) is 11.7. The third-order valence-electron chi connectivity index (χ3n) is 3.94. The van der Waals surface area contributed by atoms with E-state index < -0.39 is 0 Å². The number of carbonyl (C=O) groups excluding carboxylic acids is 1. The monoisotopic (exact) mass is 269 g/mol. The van der Waals surface area contributed by atoms with E-state index >= 15 is 0 Å². The van der Waals surface area contributed by atoms with Gasteiger partial charge in [-0.1, -0.05) is 0 Å². The van der Waals surface area contributed by atoms with Gasteiger partial charge in [0.1, 0.15) is 0 Å². The van der Waals surface area contributed by atoms with Gasteiger partial charge in [0.25, 0.3) is 0 Å². The lowest BCUT2D eigenvalue weighted by Gasteiger charge is -2.39. The second-order valence-electron chi connectivity index (χ2n) is 5.07. The summed E-state index contributed by atoms with van der Waals surface area (Å²) in [6, 6.07) is 0.440. The molecule has 0 aromatic rings. The highest BCUT2D eigenvalue weighted by molar-refractivity contribution is 8.22. The van der Waals surface area contributed by atoms with Gasteiger partial charge in [-0.3, -0.25) is 4.79 Å². The number of piperidine rings is 1. The topological polar surface area (TPSA) is 29.1 Å². The molecular weight excluding hydrogens is 250 g/mol. The second-order valence-corrected chi connectivity index (χ2v) is 7.54. The Labute approximate surface area is 111 Å². The molecule has 1 saturated carbocycles. The van der Waals surface area contributed by atoms with Crippen molar-refractivity contribution in [2.24, 2.45) is 5.92 Å². The predicted molar refractivity (Wildman–Crippen MR) is 75.1 cm³/mol. The minimum absolute atomic E-state index is 0.265. The van der Waals surface area contributed by atoms with Crippen LogP contribution in [0, 0.1) is 5.92 Å². The molecular formula is C13H19NOS2. The molecule has 4 heteroatoms. The van der Waals surface area contributed by atoms with E-state index in [-0.39, 0.29) is 5.91 Å². The average molecular weight is 269 g/mol. The van der Waals surface area contributed by atoms with E-state index in [9.17, 15) is 4.79 Å². The van der Waals surface area contributed by atoms with E-state index in [4.69, 9.17) is 0 Å². The third kappa shape index (κ3) is 2.53. The fraction of sp³-hybridized carbons (Fsp3) is 0.769. The first-order chi connectivity index (χ1) is 8.34. The molecule has 0 spiro atoms. The normalized spacial score (nSPS) is 34.2. The molecule has 0 radical (unpaired) electrons. The van der Waals surface area contributed by atoms with Gasteiger partial charge in [0, 0.05) is 22.6 Å². The van der Waals surface area contributed by atoms with Crippen LogP contribution in [0.5, 0.6) is 0 Å². The lowest BCUT2D eigenvalue weighted by molar-refractivity contribution is -0.124. The summed E-state index contributed by atoms with van der Waals surface area (Å²) in [6.45, 7) is 0. The van der Waals surface area contributed by atoms with Gasteiger partial charge in [-0.2, -0.15) is 0 Å². The first-order valence-electron chi connectivity index (χ1n) is 6.62. The highest BCUT2D eigenvalue weighted by Gasteiger charge is 2.35. The van der Waals surface area contributed by atoms with Gasteiger partial charge in [0.2, 0.25) is 5.91 Å². The maximum atomic E-state index is 11.5. The van der Waals surface area contributed by atoms with Gasteiger partial charge >= 0.3 is 0 Å². The fourth-order valence-electron chi connectivity index (χ4n) is 3.12. The molecule has 94 valence electrons. The molecule has 1 N–H and O–H groups in total. The average Bonchev–Trinajstić information content (AvgIpc) is 2.39. The van der Waals surface area contributed by atoms with Crippen LogP contribution < -0.4 is 5.32 Å². The van der Waals surface area contributed by atoms with Crippen molar-refractivity contribution in [2.45, 2.75) is 44.6 Å². The van der Waals surface area contributed by atoms with Crippen LogP contribution in [-0.2, 0) is 4.79 Å². The SMILES string of the molecule is O=C1CC[C@@H]2C(=C3SCCCS3)CCC[C@H]2N1. The largest absolute Gasteiger partial charge is 0.353 e. The molecule has 0 unspecified atom stereocenters. The van der Waals surface area contributed by atoms with Crippen molar-refractivity contribution >= 4 is 29.4 Å². The van der Waals surface area contributed by atoms with Gasteiger partial charge < -0.3 is 5.32 Å². The van der Waals surface area contributed by atoms with Crippen molar-refractivity contribution in [3.05, 3.63) is 9.81 Å². The van der Waals surface area contributed by atoms with E-state index in [1.807, 2.05) is 0 Å². The summed E-state index contributed by atoms with van der Waals surface area (Å²) in [5.74, 6) is 3.49. The minimum Gasteiger partial charge on any atom is -0.353 e.